The largest absolute Gasteiger partial charge is 0.384 e. The Balaban J connectivity index is 2.00. The van der Waals surface area contributed by atoms with Crippen molar-refractivity contribution >= 4 is 17.2 Å². The van der Waals surface area contributed by atoms with E-state index in [1.807, 2.05) is 35.8 Å². The van der Waals surface area contributed by atoms with E-state index in [0.29, 0.717) is 0 Å². The Morgan fingerprint density at radius 2 is 2.28 bits per heavy atom. The molecule has 3 N–H and O–H groups in total. The molecule has 0 spiro atoms. The minimum Gasteiger partial charge on any atom is -0.384 e. The average molecular weight is 260 g/mol. The molecule has 5 heteroatoms. The lowest BCUT2D eigenvalue weighted by Crippen LogP contribution is -2.18. The van der Waals surface area contributed by atoms with Gasteiger partial charge in [-0.1, -0.05) is 18.2 Å². The molecule has 1 aromatic heterocycles. The van der Waals surface area contributed by atoms with E-state index in [9.17, 15) is 0 Å². The molecule has 2 rings (SSSR count). The van der Waals surface area contributed by atoms with Gasteiger partial charge in [0.1, 0.15) is 10.8 Å². The topological polar surface area (TPSA) is 66.0 Å². The fourth-order valence-electron chi connectivity index (χ4n) is 1.77. The van der Waals surface area contributed by atoms with Crippen LogP contribution in [0, 0.1) is 5.41 Å². The highest BCUT2D eigenvalue weighted by molar-refractivity contribution is 7.09. The Morgan fingerprint density at radius 1 is 1.44 bits per heavy atom. The minimum absolute atomic E-state index is 0.111. The zero-order valence-corrected chi connectivity index (χ0v) is 11.1. The van der Waals surface area contributed by atoms with Gasteiger partial charge >= 0.3 is 0 Å². The van der Waals surface area contributed by atoms with Crippen LogP contribution in [0.2, 0.25) is 0 Å². The fourth-order valence-corrected chi connectivity index (χ4v) is 2.46. The maximum atomic E-state index is 7.43. The molecule has 4 nitrogen and oxygen atoms in total. The van der Waals surface area contributed by atoms with Gasteiger partial charge in [0.2, 0.25) is 0 Å². The van der Waals surface area contributed by atoms with Crippen LogP contribution in [-0.4, -0.2) is 22.8 Å². The van der Waals surface area contributed by atoms with E-state index in [1.165, 1.54) is 0 Å². The Labute approximate surface area is 111 Å². The van der Waals surface area contributed by atoms with Crippen molar-refractivity contribution in [1.29, 1.82) is 5.41 Å². The molecular weight excluding hydrogens is 244 g/mol. The summed E-state index contributed by atoms with van der Waals surface area (Å²) >= 11 is 1.66. The highest BCUT2D eigenvalue weighted by Crippen LogP contribution is 2.11. The van der Waals surface area contributed by atoms with Crippen molar-refractivity contribution in [2.75, 3.05) is 7.05 Å². The molecular formula is C13H16N4S. The van der Waals surface area contributed by atoms with Crippen molar-refractivity contribution in [3.8, 4) is 0 Å². The highest BCUT2D eigenvalue weighted by atomic mass is 32.1. The summed E-state index contributed by atoms with van der Waals surface area (Å²) in [5.74, 6) is 0.111. The van der Waals surface area contributed by atoms with E-state index in [0.717, 1.165) is 29.2 Å². The minimum atomic E-state index is 0.111. The molecule has 0 unspecified atom stereocenters. The van der Waals surface area contributed by atoms with Crippen LogP contribution in [0.4, 0.5) is 0 Å². The van der Waals surface area contributed by atoms with Crippen LogP contribution in [0.1, 0.15) is 16.1 Å². The first-order valence-corrected chi connectivity index (χ1v) is 6.53. The van der Waals surface area contributed by atoms with Gasteiger partial charge in [-0.3, -0.25) is 10.3 Å². The number of nitrogens with zero attached hydrogens (tertiary/aromatic N) is 2. The maximum Gasteiger partial charge on any atom is 0.122 e. The SMILES string of the molecule is CN(Cc1cccc(C(=N)N)c1)Cc1nccs1. The van der Waals surface area contributed by atoms with Crippen LogP contribution >= 0.6 is 11.3 Å². The second kappa shape index (κ2) is 5.75. The van der Waals surface area contributed by atoms with Crippen LogP contribution < -0.4 is 5.73 Å². The number of rotatable bonds is 5. The molecule has 1 aromatic carbocycles. The van der Waals surface area contributed by atoms with E-state index < -0.39 is 0 Å². The number of hydrogen-bond acceptors (Lipinski definition) is 4. The molecule has 0 bridgehead atoms. The Bertz CT molecular complexity index is 522. The van der Waals surface area contributed by atoms with Crippen LogP contribution in [0.25, 0.3) is 0 Å². The summed E-state index contributed by atoms with van der Waals surface area (Å²) in [5.41, 5.74) is 7.41. The lowest BCUT2D eigenvalue weighted by molar-refractivity contribution is 0.318. The molecule has 2 aromatic rings. The van der Waals surface area contributed by atoms with Gasteiger partial charge in [0, 0.05) is 23.7 Å². The van der Waals surface area contributed by atoms with Crippen LogP contribution in [0.3, 0.4) is 0 Å². The molecule has 0 radical (unpaired) electrons. The van der Waals surface area contributed by atoms with Crippen LogP contribution in [-0.2, 0) is 13.1 Å². The monoisotopic (exact) mass is 260 g/mol. The first-order valence-electron chi connectivity index (χ1n) is 5.65. The number of nitrogen functional groups attached to an aromatic ring is 1. The molecule has 0 amide bonds. The molecule has 0 aliphatic heterocycles. The molecule has 0 saturated heterocycles. The lowest BCUT2D eigenvalue weighted by Gasteiger charge is -2.15. The summed E-state index contributed by atoms with van der Waals surface area (Å²) in [6, 6.07) is 7.79. The van der Waals surface area contributed by atoms with Gasteiger partial charge in [-0.2, -0.15) is 0 Å². The first kappa shape index (κ1) is 12.7. The summed E-state index contributed by atoms with van der Waals surface area (Å²) in [6.45, 7) is 1.66. The quantitative estimate of drug-likeness (QED) is 0.639. The third-order valence-corrected chi connectivity index (χ3v) is 3.34. The second-order valence-corrected chi connectivity index (χ2v) is 5.19. The van der Waals surface area contributed by atoms with Gasteiger partial charge in [-0.15, -0.1) is 11.3 Å². The average Bonchev–Trinajstić information content (AvgIpc) is 2.82. The second-order valence-electron chi connectivity index (χ2n) is 4.21. The summed E-state index contributed by atoms with van der Waals surface area (Å²) in [6.07, 6.45) is 1.82. The summed E-state index contributed by atoms with van der Waals surface area (Å²) in [4.78, 5) is 6.46. The molecule has 0 saturated carbocycles. The van der Waals surface area contributed by atoms with Crippen LogP contribution in [0.15, 0.2) is 35.8 Å². The van der Waals surface area contributed by atoms with E-state index >= 15 is 0 Å². The van der Waals surface area contributed by atoms with Crippen molar-refractivity contribution in [3.05, 3.63) is 52.0 Å². The zero-order valence-electron chi connectivity index (χ0n) is 10.3. The number of hydrogen-bond donors (Lipinski definition) is 2. The van der Waals surface area contributed by atoms with Gasteiger partial charge in [0.05, 0.1) is 6.54 Å². The number of thiazole rings is 1. The Morgan fingerprint density at radius 3 is 2.94 bits per heavy atom. The standard InChI is InChI=1S/C13H16N4S/c1-17(9-12-16-5-6-18-12)8-10-3-2-4-11(7-10)13(14)15/h2-7H,8-9H2,1H3,(H3,14,15). The number of aromatic nitrogens is 1. The zero-order chi connectivity index (χ0) is 13.0. The van der Waals surface area contributed by atoms with Crippen molar-refractivity contribution in [3.63, 3.8) is 0 Å². The van der Waals surface area contributed by atoms with E-state index in [1.54, 1.807) is 11.3 Å². The Hall–Kier alpha value is -1.72. The van der Waals surface area contributed by atoms with E-state index in [-0.39, 0.29) is 5.84 Å². The number of benzene rings is 1. The predicted octanol–water partition coefficient (Wildman–Crippen LogP) is 2.06. The Kier molecular flexibility index (Phi) is 4.07. The molecule has 0 aliphatic rings. The molecule has 0 fully saturated rings. The summed E-state index contributed by atoms with van der Waals surface area (Å²) in [5, 5.41) is 10.5. The third kappa shape index (κ3) is 3.38. The van der Waals surface area contributed by atoms with Gasteiger partial charge in [0.15, 0.2) is 0 Å². The number of nitrogens with two attached hydrogens (primary N) is 1. The predicted molar refractivity (Wildman–Crippen MR) is 74.7 cm³/mol. The normalized spacial score (nSPS) is 10.8. The summed E-state index contributed by atoms with van der Waals surface area (Å²) < 4.78 is 0. The van der Waals surface area contributed by atoms with E-state index in [2.05, 4.69) is 16.9 Å². The lowest BCUT2D eigenvalue weighted by atomic mass is 10.1. The maximum absolute atomic E-state index is 7.43. The third-order valence-electron chi connectivity index (χ3n) is 2.58. The van der Waals surface area contributed by atoms with Crippen molar-refractivity contribution in [1.82, 2.24) is 9.88 Å². The van der Waals surface area contributed by atoms with Gasteiger partial charge in [-0.05, 0) is 18.7 Å². The van der Waals surface area contributed by atoms with Crippen LogP contribution in [0.5, 0.6) is 0 Å². The number of nitrogens with one attached hydrogen (secondary N) is 1. The van der Waals surface area contributed by atoms with Gasteiger partial charge in [-0.25, -0.2) is 4.98 Å². The molecule has 94 valence electrons. The van der Waals surface area contributed by atoms with Crippen molar-refractivity contribution in [2.24, 2.45) is 5.73 Å². The molecule has 1 heterocycles. The fraction of sp³-hybridized carbons (Fsp3) is 0.231. The number of amidine groups is 1. The van der Waals surface area contributed by atoms with Crippen molar-refractivity contribution in [2.45, 2.75) is 13.1 Å². The molecule has 0 aliphatic carbocycles. The first-order chi connectivity index (χ1) is 8.65. The smallest absolute Gasteiger partial charge is 0.122 e. The van der Waals surface area contributed by atoms with Gasteiger partial charge < -0.3 is 5.73 Å². The van der Waals surface area contributed by atoms with Crippen molar-refractivity contribution < 1.29 is 0 Å². The highest BCUT2D eigenvalue weighted by Gasteiger charge is 2.05. The summed E-state index contributed by atoms with van der Waals surface area (Å²) in [7, 11) is 2.06. The molecule has 18 heavy (non-hydrogen) atoms. The van der Waals surface area contributed by atoms with E-state index in [4.69, 9.17) is 11.1 Å². The van der Waals surface area contributed by atoms with Gasteiger partial charge in [0.25, 0.3) is 0 Å². The molecule has 0 atom stereocenters.